The number of phenols is 1. The van der Waals surface area contributed by atoms with Crippen molar-refractivity contribution in [2.24, 2.45) is 4.99 Å². The molecule has 0 spiro atoms. The molecule has 3 nitrogen and oxygen atoms in total. The third-order valence-electron chi connectivity index (χ3n) is 3.69. The van der Waals surface area contributed by atoms with Crippen molar-refractivity contribution in [2.45, 2.75) is 6.18 Å². The molecule has 0 fully saturated rings. The molecule has 0 unspecified atom stereocenters. The van der Waals surface area contributed by atoms with E-state index in [0.717, 1.165) is 12.1 Å². The molecule has 0 saturated heterocycles. The summed E-state index contributed by atoms with van der Waals surface area (Å²) in [6.07, 6.45) is -3.33. The van der Waals surface area contributed by atoms with Gasteiger partial charge in [0.15, 0.2) is 5.75 Å². The number of ether oxygens (including phenoxy) is 1. The summed E-state index contributed by atoms with van der Waals surface area (Å²) in [4.78, 5) is 4.07. The van der Waals surface area contributed by atoms with Crippen LogP contribution < -0.4 is 4.74 Å². The molecule has 3 aromatic carbocycles. The number of alkyl halides is 3. The quantitative estimate of drug-likeness (QED) is 0.446. The van der Waals surface area contributed by atoms with Crippen molar-refractivity contribution in [3.05, 3.63) is 81.8 Å². The van der Waals surface area contributed by atoms with Gasteiger partial charge in [-0.15, -0.1) is 0 Å². The highest BCUT2D eigenvalue weighted by atomic mass is 35.5. The Morgan fingerprint density at radius 1 is 0.964 bits per heavy atom. The molecular weight excluding hydrogens is 414 g/mol. The van der Waals surface area contributed by atoms with Gasteiger partial charge in [0.25, 0.3) is 0 Å². The first-order valence-corrected chi connectivity index (χ1v) is 8.66. The van der Waals surface area contributed by atoms with E-state index < -0.39 is 11.7 Å². The number of benzene rings is 3. The smallest absolute Gasteiger partial charge is 0.416 e. The number of nitrogens with zero attached hydrogens (tertiary/aromatic N) is 1. The summed E-state index contributed by atoms with van der Waals surface area (Å²) < 4.78 is 44.9. The number of halogens is 5. The minimum Gasteiger partial charge on any atom is -0.506 e. The van der Waals surface area contributed by atoms with Crippen LogP contribution in [0.15, 0.2) is 65.7 Å². The topological polar surface area (TPSA) is 41.8 Å². The van der Waals surface area contributed by atoms with Crippen molar-refractivity contribution >= 4 is 35.1 Å². The molecule has 0 radical (unpaired) electrons. The standard InChI is InChI=1S/C20H12Cl2F3NO2/c21-14-5-7-15(8-6-14)28-18-9-4-13(20(23,24)25)10-17(18)26-11-12-2-1-3-16(22)19(12)27/h1-11,27H. The van der Waals surface area contributed by atoms with E-state index in [1.54, 1.807) is 30.3 Å². The first-order valence-electron chi connectivity index (χ1n) is 7.90. The van der Waals surface area contributed by atoms with E-state index in [4.69, 9.17) is 27.9 Å². The monoisotopic (exact) mass is 425 g/mol. The highest BCUT2D eigenvalue weighted by molar-refractivity contribution is 6.32. The van der Waals surface area contributed by atoms with Crippen LogP contribution in [0.3, 0.4) is 0 Å². The third kappa shape index (κ3) is 4.77. The van der Waals surface area contributed by atoms with Gasteiger partial charge in [-0.05, 0) is 54.6 Å². The highest BCUT2D eigenvalue weighted by Crippen LogP contribution is 2.38. The molecule has 0 aromatic heterocycles. The van der Waals surface area contributed by atoms with Gasteiger partial charge >= 0.3 is 6.18 Å². The summed E-state index contributed by atoms with van der Waals surface area (Å²) in [5.74, 6) is 0.263. The molecule has 0 aliphatic rings. The maximum absolute atomic E-state index is 13.1. The Morgan fingerprint density at radius 3 is 2.36 bits per heavy atom. The van der Waals surface area contributed by atoms with Crippen LogP contribution in [0.4, 0.5) is 18.9 Å². The van der Waals surface area contributed by atoms with Crippen molar-refractivity contribution in [3.63, 3.8) is 0 Å². The molecule has 144 valence electrons. The van der Waals surface area contributed by atoms with Crippen molar-refractivity contribution < 1.29 is 23.0 Å². The SMILES string of the molecule is Oc1c(Cl)cccc1C=Nc1cc(C(F)(F)F)ccc1Oc1ccc(Cl)cc1. The largest absolute Gasteiger partial charge is 0.506 e. The predicted octanol–water partition coefficient (Wildman–Crippen LogP) is 7.26. The van der Waals surface area contributed by atoms with Gasteiger partial charge in [-0.2, -0.15) is 13.2 Å². The first kappa shape index (κ1) is 20.0. The molecule has 0 heterocycles. The lowest BCUT2D eigenvalue weighted by atomic mass is 10.1. The fraction of sp³-hybridized carbons (Fsp3) is 0.0500. The number of aromatic hydroxyl groups is 1. The lowest BCUT2D eigenvalue weighted by Crippen LogP contribution is -2.04. The van der Waals surface area contributed by atoms with Crippen LogP contribution in [0.25, 0.3) is 0 Å². The van der Waals surface area contributed by atoms with E-state index in [1.807, 2.05) is 0 Å². The molecule has 0 atom stereocenters. The average Bonchev–Trinajstić information content (AvgIpc) is 2.65. The molecule has 0 bridgehead atoms. The van der Waals surface area contributed by atoms with Crippen LogP contribution in [0.5, 0.6) is 17.2 Å². The Kier molecular flexibility index (Phi) is 5.82. The van der Waals surface area contributed by atoms with Gasteiger partial charge in [0.05, 0.1) is 10.6 Å². The Balaban J connectivity index is 2.01. The second-order valence-electron chi connectivity index (χ2n) is 5.67. The number of hydrogen-bond acceptors (Lipinski definition) is 3. The molecule has 8 heteroatoms. The molecule has 0 aliphatic carbocycles. The molecule has 0 saturated carbocycles. The number of para-hydroxylation sites is 1. The van der Waals surface area contributed by atoms with Gasteiger partial charge in [0, 0.05) is 16.8 Å². The Hall–Kier alpha value is -2.70. The van der Waals surface area contributed by atoms with Crippen molar-refractivity contribution in [2.75, 3.05) is 0 Å². The zero-order valence-electron chi connectivity index (χ0n) is 14.0. The van der Waals surface area contributed by atoms with Gasteiger partial charge in [-0.1, -0.05) is 29.3 Å². The minimum atomic E-state index is -4.54. The molecule has 0 aliphatic heterocycles. The second kappa shape index (κ2) is 8.12. The van der Waals surface area contributed by atoms with Crippen LogP contribution in [0.2, 0.25) is 10.0 Å². The van der Waals surface area contributed by atoms with Crippen molar-refractivity contribution in [1.29, 1.82) is 0 Å². The molecule has 0 amide bonds. The molecule has 3 rings (SSSR count). The number of hydrogen-bond donors (Lipinski definition) is 1. The van der Waals surface area contributed by atoms with Gasteiger partial charge in [0.1, 0.15) is 17.2 Å². The third-order valence-corrected chi connectivity index (χ3v) is 4.25. The average molecular weight is 426 g/mol. The second-order valence-corrected chi connectivity index (χ2v) is 6.52. The summed E-state index contributed by atoms with van der Waals surface area (Å²) in [5, 5.41) is 10.5. The molecule has 3 aromatic rings. The summed E-state index contributed by atoms with van der Waals surface area (Å²) in [6, 6.07) is 13.9. The number of rotatable bonds is 4. The van der Waals surface area contributed by atoms with Crippen LogP contribution in [-0.2, 0) is 6.18 Å². The van der Waals surface area contributed by atoms with Gasteiger partial charge < -0.3 is 9.84 Å². The lowest BCUT2D eigenvalue weighted by molar-refractivity contribution is -0.137. The van der Waals surface area contributed by atoms with Crippen LogP contribution in [0.1, 0.15) is 11.1 Å². The van der Waals surface area contributed by atoms with Crippen LogP contribution in [-0.4, -0.2) is 11.3 Å². The normalized spacial score (nSPS) is 11.8. The zero-order chi connectivity index (χ0) is 20.3. The van der Waals surface area contributed by atoms with E-state index in [-0.39, 0.29) is 27.8 Å². The van der Waals surface area contributed by atoms with Gasteiger partial charge in [-0.3, -0.25) is 4.99 Å². The Labute approximate surface area is 168 Å². The maximum atomic E-state index is 13.1. The van der Waals surface area contributed by atoms with Crippen LogP contribution >= 0.6 is 23.2 Å². The van der Waals surface area contributed by atoms with Gasteiger partial charge in [0.2, 0.25) is 0 Å². The summed E-state index contributed by atoms with van der Waals surface area (Å²) >= 11 is 11.7. The highest BCUT2D eigenvalue weighted by Gasteiger charge is 2.31. The van der Waals surface area contributed by atoms with Crippen molar-refractivity contribution in [1.82, 2.24) is 0 Å². The van der Waals surface area contributed by atoms with E-state index in [9.17, 15) is 18.3 Å². The fourth-order valence-corrected chi connectivity index (χ4v) is 2.59. The van der Waals surface area contributed by atoms with E-state index in [0.29, 0.717) is 10.8 Å². The number of aliphatic imine (C=N–C) groups is 1. The summed E-state index contributed by atoms with van der Waals surface area (Å²) in [5.41, 5.74) is -0.690. The minimum absolute atomic E-state index is 0.0656. The predicted molar refractivity (Wildman–Crippen MR) is 103 cm³/mol. The van der Waals surface area contributed by atoms with Crippen LogP contribution in [0, 0.1) is 0 Å². The first-order chi connectivity index (χ1) is 13.2. The number of phenolic OH excluding ortho intramolecular Hbond substituents is 1. The van der Waals surface area contributed by atoms with Gasteiger partial charge in [-0.25, -0.2) is 0 Å². The Morgan fingerprint density at radius 2 is 1.68 bits per heavy atom. The summed E-state index contributed by atoms with van der Waals surface area (Å²) in [6.45, 7) is 0. The van der Waals surface area contributed by atoms with E-state index in [2.05, 4.69) is 4.99 Å². The van der Waals surface area contributed by atoms with Crippen molar-refractivity contribution in [3.8, 4) is 17.2 Å². The zero-order valence-corrected chi connectivity index (χ0v) is 15.6. The van der Waals surface area contributed by atoms with E-state index in [1.165, 1.54) is 24.4 Å². The molecule has 28 heavy (non-hydrogen) atoms. The molecular formula is C20H12Cl2F3NO2. The fourth-order valence-electron chi connectivity index (χ4n) is 2.29. The summed E-state index contributed by atoms with van der Waals surface area (Å²) in [7, 11) is 0. The lowest BCUT2D eigenvalue weighted by Gasteiger charge is -2.12. The maximum Gasteiger partial charge on any atom is 0.416 e. The van der Waals surface area contributed by atoms with E-state index >= 15 is 0 Å². The molecule has 1 N–H and O–H groups in total. The Bertz CT molecular complexity index is 1020.